The van der Waals surface area contributed by atoms with Gasteiger partial charge in [0.2, 0.25) is 0 Å². The van der Waals surface area contributed by atoms with Crippen LogP contribution < -0.4 is 0 Å². The van der Waals surface area contributed by atoms with Gasteiger partial charge in [-0.05, 0) is 24.7 Å². The molecule has 1 aliphatic heterocycles. The molecule has 2 nitrogen and oxygen atoms in total. The highest BCUT2D eigenvalue weighted by molar-refractivity contribution is 5.02. The quantitative estimate of drug-likeness (QED) is 0.531. The van der Waals surface area contributed by atoms with E-state index in [1.54, 1.807) is 0 Å². The van der Waals surface area contributed by atoms with Crippen molar-refractivity contribution >= 4 is 0 Å². The largest absolute Gasteiger partial charge is 0.348 e. The van der Waals surface area contributed by atoms with Gasteiger partial charge < -0.3 is 9.47 Å². The van der Waals surface area contributed by atoms with Crippen LogP contribution in [0.5, 0.6) is 0 Å². The summed E-state index contributed by atoms with van der Waals surface area (Å²) < 4.78 is 11.5. The molecule has 72 valence electrons. The van der Waals surface area contributed by atoms with E-state index < -0.39 is 0 Å². The van der Waals surface area contributed by atoms with Crippen molar-refractivity contribution in [1.82, 2.24) is 0 Å². The number of hydrogen-bond acceptors (Lipinski definition) is 2. The average molecular weight is 180 g/mol. The van der Waals surface area contributed by atoms with Crippen LogP contribution in [-0.2, 0) is 9.47 Å². The van der Waals surface area contributed by atoms with Crippen molar-refractivity contribution in [3.8, 4) is 0 Å². The molecule has 1 spiro atoms. The van der Waals surface area contributed by atoms with Crippen LogP contribution in [-0.4, -0.2) is 19.0 Å². The first-order valence-electron chi connectivity index (χ1n) is 5.31. The van der Waals surface area contributed by atoms with E-state index in [1.807, 2.05) is 0 Å². The Labute approximate surface area is 78.9 Å². The molecule has 2 aliphatic carbocycles. The number of ether oxygens (including phenoxy) is 2. The maximum atomic E-state index is 5.74. The number of allylic oxidation sites excluding steroid dienone is 2. The van der Waals surface area contributed by atoms with E-state index >= 15 is 0 Å². The van der Waals surface area contributed by atoms with E-state index in [0.29, 0.717) is 0 Å². The summed E-state index contributed by atoms with van der Waals surface area (Å²) in [7, 11) is 0. The van der Waals surface area contributed by atoms with Crippen molar-refractivity contribution in [3.05, 3.63) is 12.2 Å². The Balaban J connectivity index is 1.77. The highest BCUT2D eigenvalue weighted by atomic mass is 16.7. The summed E-state index contributed by atoms with van der Waals surface area (Å²) in [6.07, 6.45) is 9.35. The second kappa shape index (κ2) is 2.82. The molecule has 0 aromatic carbocycles. The van der Waals surface area contributed by atoms with E-state index in [4.69, 9.17) is 9.47 Å². The predicted octanol–water partition coefficient (Wildman–Crippen LogP) is 2.11. The molecule has 0 aromatic rings. The van der Waals surface area contributed by atoms with Gasteiger partial charge in [-0.25, -0.2) is 0 Å². The molecular formula is C11H16O2. The van der Waals surface area contributed by atoms with E-state index in [0.717, 1.165) is 37.9 Å². The molecule has 13 heavy (non-hydrogen) atoms. The van der Waals surface area contributed by atoms with Gasteiger partial charge in [-0.2, -0.15) is 0 Å². The SMILES string of the molecule is C1=CC[C@H]2CC3(C[C@@H]2C1)OCCO3. The summed E-state index contributed by atoms with van der Waals surface area (Å²) in [5, 5.41) is 0. The lowest BCUT2D eigenvalue weighted by Crippen LogP contribution is -2.26. The first kappa shape index (κ1) is 8.01. The van der Waals surface area contributed by atoms with Crippen molar-refractivity contribution < 1.29 is 9.47 Å². The van der Waals surface area contributed by atoms with Crippen LogP contribution in [0.2, 0.25) is 0 Å². The molecule has 3 rings (SSSR count). The Morgan fingerprint density at radius 1 is 0.923 bits per heavy atom. The summed E-state index contributed by atoms with van der Waals surface area (Å²) in [6, 6.07) is 0. The van der Waals surface area contributed by atoms with Crippen LogP contribution >= 0.6 is 0 Å². The number of fused-ring (bicyclic) bond motifs is 1. The predicted molar refractivity (Wildman–Crippen MR) is 49.2 cm³/mol. The molecule has 0 radical (unpaired) electrons. The van der Waals surface area contributed by atoms with Gasteiger partial charge in [0.25, 0.3) is 0 Å². The molecule has 0 amide bonds. The summed E-state index contributed by atoms with van der Waals surface area (Å²) in [4.78, 5) is 0. The fourth-order valence-corrected chi connectivity index (χ4v) is 3.04. The molecule has 2 fully saturated rings. The van der Waals surface area contributed by atoms with Gasteiger partial charge in [-0.15, -0.1) is 0 Å². The van der Waals surface area contributed by atoms with Crippen LogP contribution in [0.15, 0.2) is 12.2 Å². The van der Waals surface area contributed by atoms with E-state index in [1.165, 1.54) is 12.8 Å². The van der Waals surface area contributed by atoms with E-state index in [-0.39, 0.29) is 5.79 Å². The van der Waals surface area contributed by atoms with E-state index in [9.17, 15) is 0 Å². The van der Waals surface area contributed by atoms with Gasteiger partial charge in [0.1, 0.15) is 0 Å². The van der Waals surface area contributed by atoms with Crippen molar-refractivity contribution in [2.75, 3.05) is 13.2 Å². The summed E-state index contributed by atoms with van der Waals surface area (Å²) in [5.41, 5.74) is 0. The highest BCUT2D eigenvalue weighted by Crippen LogP contribution is 2.48. The third kappa shape index (κ3) is 1.24. The normalized spacial score (nSPS) is 41.2. The Kier molecular flexibility index (Phi) is 1.74. The summed E-state index contributed by atoms with van der Waals surface area (Å²) >= 11 is 0. The van der Waals surface area contributed by atoms with Gasteiger partial charge in [0.05, 0.1) is 13.2 Å². The van der Waals surface area contributed by atoms with Gasteiger partial charge in [0.15, 0.2) is 5.79 Å². The maximum Gasteiger partial charge on any atom is 0.169 e. The molecule has 0 aromatic heterocycles. The van der Waals surface area contributed by atoms with Gasteiger partial charge >= 0.3 is 0 Å². The Hall–Kier alpha value is -0.340. The third-order valence-corrected chi connectivity index (χ3v) is 3.67. The Morgan fingerprint density at radius 2 is 1.46 bits per heavy atom. The smallest absolute Gasteiger partial charge is 0.169 e. The second-order valence-corrected chi connectivity index (χ2v) is 4.48. The molecule has 1 saturated carbocycles. The summed E-state index contributed by atoms with van der Waals surface area (Å²) in [6.45, 7) is 1.60. The minimum absolute atomic E-state index is 0.165. The minimum Gasteiger partial charge on any atom is -0.348 e. The van der Waals surface area contributed by atoms with Gasteiger partial charge in [0, 0.05) is 12.8 Å². The molecule has 3 aliphatic rings. The van der Waals surface area contributed by atoms with Crippen LogP contribution in [0.1, 0.15) is 25.7 Å². The molecule has 1 saturated heterocycles. The Morgan fingerprint density at radius 3 is 2.00 bits per heavy atom. The standard InChI is InChI=1S/C11H16O2/c1-2-4-10-8-11(7-9(10)3-1)12-5-6-13-11/h1-2,9-10H,3-8H2/t9-,10-/m0/s1. The molecule has 0 N–H and O–H groups in total. The fourth-order valence-electron chi connectivity index (χ4n) is 3.04. The maximum absolute atomic E-state index is 5.74. The lowest BCUT2D eigenvalue weighted by molar-refractivity contribution is -0.154. The van der Waals surface area contributed by atoms with Gasteiger partial charge in [-0.3, -0.25) is 0 Å². The van der Waals surface area contributed by atoms with Crippen LogP contribution in [0, 0.1) is 11.8 Å². The molecule has 2 heteroatoms. The van der Waals surface area contributed by atoms with Gasteiger partial charge in [-0.1, -0.05) is 12.2 Å². The number of rotatable bonds is 0. The second-order valence-electron chi connectivity index (χ2n) is 4.48. The van der Waals surface area contributed by atoms with Crippen molar-refractivity contribution in [1.29, 1.82) is 0 Å². The number of hydrogen-bond donors (Lipinski definition) is 0. The van der Waals surface area contributed by atoms with Crippen molar-refractivity contribution in [2.45, 2.75) is 31.5 Å². The van der Waals surface area contributed by atoms with Crippen LogP contribution in [0.3, 0.4) is 0 Å². The Bertz CT molecular complexity index is 210. The zero-order valence-corrected chi connectivity index (χ0v) is 7.87. The zero-order chi connectivity index (χ0) is 8.73. The highest BCUT2D eigenvalue weighted by Gasteiger charge is 2.48. The minimum atomic E-state index is -0.165. The lowest BCUT2D eigenvalue weighted by atomic mass is 9.86. The van der Waals surface area contributed by atoms with Crippen LogP contribution in [0.4, 0.5) is 0 Å². The van der Waals surface area contributed by atoms with Crippen LogP contribution in [0.25, 0.3) is 0 Å². The lowest BCUT2D eigenvalue weighted by Gasteiger charge is -2.21. The first-order valence-corrected chi connectivity index (χ1v) is 5.31. The average Bonchev–Trinajstić information content (AvgIpc) is 2.72. The molecule has 0 unspecified atom stereocenters. The zero-order valence-electron chi connectivity index (χ0n) is 7.87. The fraction of sp³-hybridized carbons (Fsp3) is 0.818. The van der Waals surface area contributed by atoms with Crippen molar-refractivity contribution in [2.24, 2.45) is 11.8 Å². The molecule has 0 bridgehead atoms. The summed E-state index contributed by atoms with van der Waals surface area (Å²) in [5.74, 6) is 1.48. The van der Waals surface area contributed by atoms with E-state index in [2.05, 4.69) is 12.2 Å². The first-order chi connectivity index (χ1) is 6.38. The van der Waals surface area contributed by atoms with Crippen molar-refractivity contribution in [3.63, 3.8) is 0 Å². The monoisotopic (exact) mass is 180 g/mol. The molecule has 1 heterocycles. The third-order valence-electron chi connectivity index (χ3n) is 3.67. The molecule has 2 atom stereocenters. The molecular weight excluding hydrogens is 164 g/mol. The topological polar surface area (TPSA) is 18.5 Å².